The van der Waals surface area contributed by atoms with Gasteiger partial charge >= 0.3 is 0 Å². The van der Waals surface area contributed by atoms with E-state index in [1.165, 1.54) is 0 Å². The SMILES string of the molecule is Cn1nccc1NC(=O)C1(C(N)=S)CCOCC1. The van der Waals surface area contributed by atoms with E-state index in [1.807, 2.05) is 0 Å². The molecule has 1 saturated heterocycles. The van der Waals surface area contributed by atoms with Gasteiger partial charge in [-0.1, -0.05) is 12.2 Å². The Morgan fingerprint density at radius 2 is 2.28 bits per heavy atom. The van der Waals surface area contributed by atoms with Gasteiger partial charge in [0.15, 0.2) is 0 Å². The highest BCUT2D eigenvalue weighted by Gasteiger charge is 2.43. The maximum absolute atomic E-state index is 12.4. The highest BCUT2D eigenvalue weighted by Crippen LogP contribution is 2.32. The second kappa shape index (κ2) is 5.03. The molecule has 0 saturated carbocycles. The number of rotatable bonds is 3. The fourth-order valence-corrected chi connectivity index (χ4v) is 2.33. The van der Waals surface area contributed by atoms with Crippen LogP contribution < -0.4 is 11.1 Å². The first-order valence-corrected chi connectivity index (χ1v) is 6.14. The fourth-order valence-electron chi connectivity index (χ4n) is 2.04. The molecule has 3 N–H and O–H groups in total. The Balaban J connectivity index is 2.19. The van der Waals surface area contributed by atoms with Gasteiger partial charge in [0.05, 0.1) is 11.2 Å². The van der Waals surface area contributed by atoms with Gasteiger partial charge in [0.25, 0.3) is 0 Å². The van der Waals surface area contributed by atoms with E-state index in [9.17, 15) is 4.79 Å². The molecule has 0 aromatic carbocycles. The number of hydrogen-bond donors (Lipinski definition) is 2. The summed E-state index contributed by atoms with van der Waals surface area (Å²) >= 11 is 5.07. The van der Waals surface area contributed by atoms with E-state index in [2.05, 4.69) is 10.4 Å². The Kier molecular flexibility index (Phi) is 3.63. The van der Waals surface area contributed by atoms with Crippen molar-refractivity contribution in [3.8, 4) is 0 Å². The van der Waals surface area contributed by atoms with E-state index < -0.39 is 5.41 Å². The predicted octanol–water partition coefficient (Wildman–Crippen LogP) is 0.441. The van der Waals surface area contributed by atoms with Gasteiger partial charge in [0.2, 0.25) is 5.91 Å². The Hall–Kier alpha value is -1.47. The van der Waals surface area contributed by atoms with Crippen LogP contribution in [-0.4, -0.2) is 33.9 Å². The van der Waals surface area contributed by atoms with E-state index in [4.69, 9.17) is 22.7 Å². The molecule has 7 heteroatoms. The van der Waals surface area contributed by atoms with Crippen LogP contribution in [0, 0.1) is 5.41 Å². The summed E-state index contributed by atoms with van der Waals surface area (Å²) in [7, 11) is 1.76. The monoisotopic (exact) mass is 268 g/mol. The highest BCUT2D eigenvalue weighted by molar-refractivity contribution is 7.80. The van der Waals surface area contributed by atoms with E-state index in [1.54, 1.807) is 24.0 Å². The Labute approximate surface area is 110 Å². The van der Waals surface area contributed by atoms with Crippen LogP contribution in [0.3, 0.4) is 0 Å². The molecule has 1 aliphatic rings. The average Bonchev–Trinajstić information content (AvgIpc) is 2.75. The summed E-state index contributed by atoms with van der Waals surface area (Å²) in [4.78, 5) is 12.6. The number of carbonyl (C=O) groups is 1. The van der Waals surface area contributed by atoms with Crippen LogP contribution in [0.2, 0.25) is 0 Å². The molecule has 0 aliphatic carbocycles. The third kappa shape index (κ3) is 2.23. The minimum atomic E-state index is -0.808. The number of nitrogens with zero attached hydrogens (tertiary/aromatic N) is 2. The number of amides is 1. The van der Waals surface area contributed by atoms with Crippen molar-refractivity contribution in [3.63, 3.8) is 0 Å². The average molecular weight is 268 g/mol. The minimum Gasteiger partial charge on any atom is -0.392 e. The maximum Gasteiger partial charge on any atom is 0.238 e. The molecule has 1 aromatic rings. The molecule has 1 aliphatic heterocycles. The van der Waals surface area contributed by atoms with Crippen LogP contribution >= 0.6 is 12.2 Å². The van der Waals surface area contributed by atoms with Crippen molar-refractivity contribution in [2.75, 3.05) is 18.5 Å². The lowest BCUT2D eigenvalue weighted by Crippen LogP contribution is -2.49. The van der Waals surface area contributed by atoms with Gasteiger partial charge in [0, 0.05) is 26.3 Å². The summed E-state index contributed by atoms with van der Waals surface area (Å²) in [6.07, 6.45) is 2.66. The molecule has 2 heterocycles. The third-order valence-corrected chi connectivity index (χ3v) is 3.71. The summed E-state index contributed by atoms with van der Waals surface area (Å²) < 4.78 is 6.86. The van der Waals surface area contributed by atoms with Crippen LogP contribution in [0.1, 0.15) is 12.8 Å². The van der Waals surface area contributed by atoms with E-state index in [-0.39, 0.29) is 10.9 Å². The molecule has 1 aromatic heterocycles. The van der Waals surface area contributed by atoms with Crippen molar-refractivity contribution in [3.05, 3.63) is 12.3 Å². The number of aryl methyl sites for hydroxylation is 1. The number of hydrogen-bond acceptors (Lipinski definition) is 4. The van der Waals surface area contributed by atoms with Gasteiger partial charge in [-0.25, -0.2) is 0 Å². The summed E-state index contributed by atoms with van der Waals surface area (Å²) in [6.45, 7) is 0.992. The van der Waals surface area contributed by atoms with Gasteiger partial charge < -0.3 is 15.8 Å². The molecule has 1 fully saturated rings. The lowest BCUT2D eigenvalue weighted by Gasteiger charge is -2.34. The van der Waals surface area contributed by atoms with E-state index in [0.29, 0.717) is 31.9 Å². The second-order valence-corrected chi connectivity index (χ2v) is 4.79. The van der Waals surface area contributed by atoms with Crippen LogP contribution in [0.25, 0.3) is 0 Å². The number of nitrogens with two attached hydrogens (primary N) is 1. The first-order valence-electron chi connectivity index (χ1n) is 5.73. The van der Waals surface area contributed by atoms with Gasteiger partial charge in [-0.2, -0.15) is 5.10 Å². The molecule has 98 valence electrons. The lowest BCUT2D eigenvalue weighted by atomic mass is 9.79. The number of ether oxygens (including phenoxy) is 1. The van der Waals surface area contributed by atoms with Gasteiger partial charge in [0.1, 0.15) is 11.2 Å². The smallest absolute Gasteiger partial charge is 0.238 e. The molecule has 1 amide bonds. The van der Waals surface area contributed by atoms with Crippen molar-refractivity contribution in [2.24, 2.45) is 18.2 Å². The molecule has 6 nitrogen and oxygen atoms in total. The normalized spacial score (nSPS) is 18.3. The molecular weight excluding hydrogens is 252 g/mol. The van der Waals surface area contributed by atoms with Crippen molar-refractivity contribution in [2.45, 2.75) is 12.8 Å². The molecular formula is C11H16N4O2S. The molecule has 2 rings (SSSR count). The molecule has 0 spiro atoms. The maximum atomic E-state index is 12.4. The van der Waals surface area contributed by atoms with Crippen LogP contribution in [0.15, 0.2) is 12.3 Å². The van der Waals surface area contributed by atoms with E-state index >= 15 is 0 Å². The van der Waals surface area contributed by atoms with Crippen LogP contribution in [-0.2, 0) is 16.6 Å². The van der Waals surface area contributed by atoms with Crippen LogP contribution in [0.5, 0.6) is 0 Å². The Morgan fingerprint density at radius 1 is 1.61 bits per heavy atom. The molecule has 0 radical (unpaired) electrons. The van der Waals surface area contributed by atoms with E-state index in [0.717, 1.165) is 0 Å². The number of nitrogens with one attached hydrogen (secondary N) is 1. The zero-order chi connectivity index (χ0) is 13.2. The first-order chi connectivity index (χ1) is 8.56. The van der Waals surface area contributed by atoms with Crippen molar-refractivity contribution in [1.82, 2.24) is 9.78 Å². The second-order valence-electron chi connectivity index (χ2n) is 4.35. The van der Waals surface area contributed by atoms with Gasteiger partial charge in [-0.15, -0.1) is 0 Å². The standard InChI is InChI=1S/C11H16N4O2S/c1-15-8(2-5-13-15)14-10(16)11(9(12)18)3-6-17-7-4-11/h2,5H,3-4,6-7H2,1H3,(H2,12,18)(H,14,16). The highest BCUT2D eigenvalue weighted by atomic mass is 32.1. The van der Waals surface area contributed by atoms with Gasteiger partial charge in [-0.3, -0.25) is 9.48 Å². The number of anilines is 1. The summed E-state index contributed by atoms with van der Waals surface area (Å²) in [5.41, 5.74) is 4.96. The third-order valence-electron chi connectivity index (χ3n) is 3.32. The zero-order valence-electron chi connectivity index (χ0n) is 10.2. The van der Waals surface area contributed by atoms with Crippen molar-refractivity contribution < 1.29 is 9.53 Å². The lowest BCUT2D eigenvalue weighted by molar-refractivity contribution is -0.126. The van der Waals surface area contributed by atoms with Crippen LogP contribution in [0.4, 0.5) is 5.82 Å². The number of aromatic nitrogens is 2. The molecule has 0 bridgehead atoms. The Morgan fingerprint density at radius 3 is 2.78 bits per heavy atom. The largest absolute Gasteiger partial charge is 0.392 e. The number of carbonyl (C=O) groups excluding carboxylic acids is 1. The molecule has 0 unspecified atom stereocenters. The summed E-state index contributed by atoms with van der Waals surface area (Å²) in [5.74, 6) is 0.448. The minimum absolute atomic E-state index is 0.179. The fraction of sp³-hybridized carbons (Fsp3) is 0.545. The van der Waals surface area contributed by atoms with Gasteiger partial charge in [-0.05, 0) is 12.8 Å². The number of thiocarbonyl (C=S) groups is 1. The van der Waals surface area contributed by atoms with Crippen molar-refractivity contribution in [1.29, 1.82) is 0 Å². The quantitative estimate of drug-likeness (QED) is 0.777. The molecule has 0 atom stereocenters. The molecule has 18 heavy (non-hydrogen) atoms. The predicted molar refractivity (Wildman–Crippen MR) is 71.1 cm³/mol. The Bertz CT molecular complexity index is 465. The summed E-state index contributed by atoms with van der Waals surface area (Å²) in [5, 5.41) is 6.82. The zero-order valence-corrected chi connectivity index (χ0v) is 11.0. The summed E-state index contributed by atoms with van der Waals surface area (Å²) in [6, 6.07) is 1.73. The topological polar surface area (TPSA) is 82.2 Å². The van der Waals surface area contributed by atoms with Crippen molar-refractivity contribution >= 4 is 28.9 Å². The first kappa shape index (κ1) is 13.0.